The van der Waals surface area contributed by atoms with E-state index in [1.54, 1.807) is 30.2 Å². The van der Waals surface area contributed by atoms with Gasteiger partial charge in [-0.3, -0.25) is 9.78 Å². The van der Waals surface area contributed by atoms with Crippen molar-refractivity contribution < 1.29 is 9.53 Å². The third kappa shape index (κ3) is 4.40. The zero-order valence-corrected chi connectivity index (χ0v) is 15.1. The number of rotatable bonds is 8. The van der Waals surface area contributed by atoms with Crippen molar-refractivity contribution in [3.05, 3.63) is 54.4 Å². The third-order valence-electron chi connectivity index (χ3n) is 3.62. The van der Waals surface area contributed by atoms with Crippen molar-refractivity contribution in [1.29, 1.82) is 0 Å². The summed E-state index contributed by atoms with van der Waals surface area (Å²) in [6.07, 6.45) is 3.49. The highest BCUT2D eigenvalue weighted by atomic mass is 32.2. The number of carbonyl (C=O) groups is 1. The van der Waals surface area contributed by atoms with Crippen LogP contribution in [-0.2, 0) is 17.1 Å². The Hall–Kier alpha value is -2.87. The predicted octanol–water partition coefficient (Wildman–Crippen LogP) is 2.52. The van der Waals surface area contributed by atoms with Crippen LogP contribution in [0.25, 0.3) is 11.4 Å². The molecule has 1 aromatic carbocycles. The van der Waals surface area contributed by atoms with Crippen LogP contribution in [0.1, 0.15) is 12.5 Å². The van der Waals surface area contributed by atoms with Crippen LogP contribution >= 0.6 is 11.8 Å². The van der Waals surface area contributed by atoms with Gasteiger partial charge >= 0.3 is 0 Å². The molecule has 2 aromatic heterocycles. The number of primary amides is 1. The minimum Gasteiger partial charge on any atom is -0.484 e. The van der Waals surface area contributed by atoms with Gasteiger partial charge in [-0.05, 0) is 36.8 Å². The molecule has 0 unspecified atom stereocenters. The average Bonchev–Trinajstić information content (AvgIpc) is 3.08. The lowest BCUT2D eigenvalue weighted by Crippen LogP contribution is -2.20. The van der Waals surface area contributed by atoms with E-state index in [2.05, 4.69) is 26.7 Å². The molecule has 0 bridgehead atoms. The second-order valence-corrected chi connectivity index (χ2v) is 6.42. The molecule has 3 rings (SSSR count). The van der Waals surface area contributed by atoms with E-state index in [9.17, 15) is 4.79 Å². The minimum absolute atomic E-state index is 0.129. The largest absolute Gasteiger partial charge is 0.484 e. The van der Waals surface area contributed by atoms with Gasteiger partial charge in [-0.25, -0.2) is 0 Å². The van der Waals surface area contributed by atoms with Crippen molar-refractivity contribution in [2.45, 2.75) is 24.4 Å². The first-order valence-electron chi connectivity index (χ1n) is 8.14. The van der Waals surface area contributed by atoms with Gasteiger partial charge in [0.25, 0.3) is 5.91 Å². The molecule has 0 fully saturated rings. The first-order chi connectivity index (χ1) is 12.7. The number of pyridine rings is 1. The van der Waals surface area contributed by atoms with Crippen molar-refractivity contribution >= 4 is 17.7 Å². The third-order valence-corrected chi connectivity index (χ3v) is 4.66. The van der Waals surface area contributed by atoms with E-state index in [1.165, 1.54) is 0 Å². The number of hydrogen-bond donors (Lipinski definition) is 1. The normalized spacial score (nSPS) is 10.7. The Morgan fingerprint density at radius 1 is 1.23 bits per heavy atom. The van der Waals surface area contributed by atoms with Gasteiger partial charge in [0.2, 0.25) is 0 Å². The molecule has 134 valence electrons. The number of nitrogens with zero attached hydrogens (tertiary/aromatic N) is 4. The van der Waals surface area contributed by atoms with Gasteiger partial charge in [0.1, 0.15) is 5.75 Å². The number of amides is 1. The lowest BCUT2D eigenvalue weighted by Gasteiger charge is -2.08. The van der Waals surface area contributed by atoms with E-state index >= 15 is 0 Å². The number of carbonyl (C=O) groups excluding carboxylic acids is 1. The van der Waals surface area contributed by atoms with Crippen LogP contribution in [0.15, 0.2) is 53.9 Å². The molecule has 26 heavy (non-hydrogen) atoms. The quantitative estimate of drug-likeness (QED) is 0.613. The molecule has 0 aliphatic rings. The van der Waals surface area contributed by atoms with Crippen LogP contribution in [0, 0.1) is 0 Å². The average molecular weight is 369 g/mol. The van der Waals surface area contributed by atoms with Crippen LogP contribution in [0.2, 0.25) is 0 Å². The summed E-state index contributed by atoms with van der Waals surface area (Å²) >= 11 is 1.60. The molecule has 0 atom stereocenters. The van der Waals surface area contributed by atoms with E-state index in [1.807, 2.05) is 30.3 Å². The molecule has 0 aliphatic heterocycles. The Balaban J connectivity index is 1.71. The fourth-order valence-corrected chi connectivity index (χ4v) is 3.37. The van der Waals surface area contributed by atoms with Crippen molar-refractivity contribution in [2.24, 2.45) is 5.73 Å². The lowest BCUT2D eigenvalue weighted by molar-refractivity contribution is -0.119. The summed E-state index contributed by atoms with van der Waals surface area (Å²) in [6.45, 7) is 2.71. The Labute approximate surface area is 155 Å². The number of hydrogen-bond acceptors (Lipinski definition) is 6. The van der Waals surface area contributed by atoms with E-state index in [0.717, 1.165) is 28.7 Å². The number of nitrogens with two attached hydrogens (primary N) is 1. The van der Waals surface area contributed by atoms with Crippen molar-refractivity contribution in [3.8, 4) is 17.1 Å². The molecule has 0 saturated carbocycles. The molecule has 2 N–H and O–H groups in total. The van der Waals surface area contributed by atoms with E-state index in [4.69, 9.17) is 10.5 Å². The molecule has 7 nitrogen and oxygen atoms in total. The van der Waals surface area contributed by atoms with Crippen LogP contribution in [0.3, 0.4) is 0 Å². The van der Waals surface area contributed by atoms with E-state index in [0.29, 0.717) is 11.5 Å². The minimum atomic E-state index is -0.496. The summed E-state index contributed by atoms with van der Waals surface area (Å²) < 4.78 is 7.42. The van der Waals surface area contributed by atoms with Crippen LogP contribution < -0.4 is 10.5 Å². The number of aromatic nitrogens is 4. The highest BCUT2D eigenvalue weighted by Gasteiger charge is 2.13. The van der Waals surface area contributed by atoms with Crippen molar-refractivity contribution in [3.63, 3.8) is 0 Å². The van der Waals surface area contributed by atoms with Gasteiger partial charge in [0.05, 0.1) is 0 Å². The number of benzene rings is 1. The molecular formula is C18H19N5O2S. The van der Waals surface area contributed by atoms with Crippen molar-refractivity contribution in [2.75, 3.05) is 6.61 Å². The first kappa shape index (κ1) is 17.9. The summed E-state index contributed by atoms with van der Waals surface area (Å²) in [7, 11) is 0. The van der Waals surface area contributed by atoms with Gasteiger partial charge < -0.3 is 15.0 Å². The smallest absolute Gasteiger partial charge is 0.255 e. The highest BCUT2D eigenvalue weighted by Crippen LogP contribution is 2.27. The van der Waals surface area contributed by atoms with Crippen LogP contribution in [0.4, 0.5) is 0 Å². The van der Waals surface area contributed by atoms with Gasteiger partial charge in [-0.1, -0.05) is 23.9 Å². The van der Waals surface area contributed by atoms with Crippen LogP contribution in [-0.4, -0.2) is 32.3 Å². The molecule has 1 amide bonds. The van der Waals surface area contributed by atoms with E-state index in [-0.39, 0.29) is 6.61 Å². The maximum absolute atomic E-state index is 10.8. The summed E-state index contributed by atoms with van der Waals surface area (Å²) in [4.78, 5) is 14.9. The topological polar surface area (TPSA) is 95.9 Å². The summed E-state index contributed by atoms with van der Waals surface area (Å²) in [5, 5.41) is 9.50. The molecule has 0 spiro atoms. The molecule has 2 heterocycles. The fraction of sp³-hybridized carbons (Fsp3) is 0.222. The fourth-order valence-electron chi connectivity index (χ4n) is 2.42. The second-order valence-electron chi connectivity index (χ2n) is 5.48. The zero-order valence-electron chi connectivity index (χ0n) is 14.3. The predicted molar refractivity (Wildman–Crippen MR) is 99.6 cm³/mol. The molecule has 3 aromatic rings. The van der Waals surface area contributed by atoms with Gasteiger partial charge in [-0.2, -0.15) is 0 Å². The Morgan fingerprint density at radius 2 is 2.04 bits per heavy atom. The summed E-state index contributed by atoms with van der Waals surface area (Å²) in [5.74, 6) is 1.67. The number of ether oxygens (including phenoxy) is 1. The zero-order chi connectivity index (χ0) is 18.4. The summed E-state index contributed by atoms with van der Waals surface area (Å²) in [6, 6.07) is 11.4. The maximum Gasteiger partial charge on any atom is 0.255 e. The number of thioether (sulfide) groups is 1. The molecule has 0 aliphatic carbocycles. The molecular weight excluding hydrogens is 350 g/mol. The Bertz CT molecular complexity index is 882. The lowest BCUT2D eigenvalue weighted by atomic mass is 10.2. The van der Waals surface area contributed by atoms with Gasteiger partial charge in [0.15, 0.2) is 17.6 Å². The Kier molecular flexibility index (Phi) is 5.85. The van der Waals surface area contributed by atoms with Crippen molar-refractivity contribution in [1.82, 2.24) is 19.7 Å². The van der Waals surface area contributed by atoms with Gasteiger partial charge in [-0.15, -0.1) is 10.2 Å². The standard InChI is InChI=1S/C18H19N5O2S/c1-2-23-17(14-6-8-20-9-7-14)21-22-18(23)26-12-13-4-3-5-15(10-13)25-11-16(19)24/h3-10H,2,11-12H2,1H3,(H2,19,24). The summed E-state index contributed by atoms with van der Waals surface area (Å²) in [5.41, 5.74) is 7.16. The maximum atomic E-state index is 10.8. The molecule has 0 saturated heterocycles. The second kappa shape index (κ2) is 8.48. The molecule has 8 heteroatoms. The highest BCUT2D eigenvalue weighted by molar-refractivity contribution is 7.98. The molecule has 0 radical (unpaired) electrons. The monoisotopic (exact) mass is 369 g/mol. The SMILES string of the molecule is CCn1c(SCc2cccc(OCC(N)=O)c2)nnc1-c1ccncc1. The first-order valence-corrected chi connectivity index (χ1v) is 9.12. The Morgan fingerprint density at radius 3 is 2.77 bits per heavy atom. The van der Waals surface area contributed by atoms with Crippen LogP contribution in [0.5, 0.6) is 5.75 Å². The van der Waals surface area contributed by atoms with E-state index < -0.39 is 5.91 Å². The van der Waals surface area contributed by atoms with Gasteiger partial charge in [0, 0.05) is 30.3 Å².